The lowest BCUT2D eigenvalue weighted by atomic mass is 10.0. The quantitative estimate of drug-likeness (QED) is 0.669. The van der Waals surface area contributed by atoms with Crippen LogP contribution in [0.1, 0.15) is 15.9 Å². The number of benzene rings is 2. The third-order valence-corrected chi connectivity index (χ3v) is 2.72. The Labute approximate surface area is 107 Å². The van der Waals surface area contributed by atoms with Crippen LogP contribution in [0.2, 0.25) is 5.02 Å². The molecule has 18 heavy (non-hydrogen) atoms. The number of halogens is 3. The first-order valence-electron chi connectivity index (χ1n) is 5.04. The molecule has 0 spiro atoms. The normalized spacial score (nSPS) is 10.4. The molecule has 0 aliphatic carbocycles. The summed E-state index contributed by atoms with van der Waals surface area (Å²) in [5.41, 5.74) is 5.60. The summed E-state index contributed by atoms with van der Waals surface area (Å²) >= 11 is 5.85. The fourth-order valence-corrected chi connectivity index (χ4v) is 1.81. The van der Waals surface area contributed by atoms with E-state index >= 15 is 0 Å². The molecule has 0 saturated heterocycles. The Balaban J connectivity index is 2.51. The van der Waals surface area contributed by atoms with Gasteiger partial charge in [0.2, 0.25) is 0 Å². The highest BCUT2D eigenvalue weighted by Crippen LogP contribution is 2.23. The minimum atomic E-state index is -0.797. The van der Waals surface area contributed by atoms with Crippen LogP contribution in [0, 0.1) is 11.6 Å². The zero-order valence-corrected chi connectivity index (χ0v) is 9.84. The Bertz CT molecular complexity index is 628. The number of nitrogens with two attached hydrogens (primary N) is 1. The van der Waals surface area contributed by atoms with Crippen molar-refractivity contribution in [2.24, 2.45) is 0 Å². The molecule has 0 atom stereocenters. The number of carbonyl (C=O) groups excluding carboxylic acids is 1. The van der Waals surface area contributed by atoms with Gasteiger partial charge in [-0.1, -0.05) is 11.6 Å². The molecule has 92 valence electrons. The van der Waals surface area contributed by atoms with Gasteiger partial charge in [0, 0.05) is 11.3 Å². The van der Waals surface area contributed by atoms with Crippen molar-refractivity contribution in [2.75, 3.05) is 5.73 Å². The third-order valence-electron chi connectivity index (χ3n) is 2.41. The van der Waals surface area contributed by atoms with Gasteiger partial charge in [-0.2, -0.15) is 0 Å². The Hall–Kier alpha value is -1.94. The highest BCUT2D eigenvalue weighted by Gasteiger charge is 2.17. The molecular weight excluding hydrogens is 260 g/mol. The molecule has 2 aromatic carbocycles. The average molecular weight is 268 g/mol. The Morgan fingerprint density at radius 3 is 2.44 bits per heavy atom. The molecule has 2 nitrogen and oxygen atoms in total. The first-order valence-corrected chi connectivity index (χ1v) is 5.41. The SMILES string of the molecule is Nc1ccc(C(=O)c2cc(F)ccc2F)c(Cl)c1. The van der Waals surface area contributed by atoms with E-state index in [0.717, 1.165) is 18.2 Å². The van der Waals surface area contributed by atoms with Crippen LogP contribution in [0.5, 0.6) is 0 Å². The van der Waals surface area contributed by atoms with Crippen molar-refractivity contribution >= 4 is 23.1 Å². The van der Waals surface area contributed by atoms with Crippen LogP contribution in [0.15, 0.2) is 36.4 Å². The monoisotopic (exact) mass is 267 g/mol. The van der Waals surface area contributed by atoms with Crippen LogP contribution in [-0.4, -0.2) is 5.78 Å². The molecule has 0 saturated carbocycles. The van der Waals surface area contributed by atoms with Crippen LogP contribution in [0.4, 0.5) is 14.5 Å². The number of ketones is 1. The highest BCUT2D eigenvalue weighted by atomic mass is 35.5. The molecule has 0 aliphatic rings. The van der Waals surface area contributed by atoms with Crippen molar-refractivity contribution in [2.45, 2.75) is 0 Å². The summed E-state index contributed by atoms with van der Waals surface area (Å²) < 4.78 is 26.5. The molecule has 2 N–H and O–H groups in total. The first kappa shape index (κ1) is 12.5. The standard InChI is InChI=1S/C13H8ClF2NO/c14-11-6-8(17)2-3-9(11)13(18)10-5-7(15)1-4-12(10)16/h1-6H,17H2. The van der Waals surface area contributed by atoms with E-state index in [1.54, 1.807) is 0 Å². The van der Waals surface area contributed by atoms with Crippen LogP contribution in [-0.2, 0) is 0 Å². The lowest BCUT2D eigenvalue weighted by Gasteiger charge is -2.05. The van der Waals surface area contributed by atoms with E-state index in [2.05, 4.69) is 0 Å². The van der Waals surface area contributed by atoms with Crippen molar-refractivity contribution in [1.82, 2.24) is 0 Å². The van der Waals surface area contributed by atoms with Gasteiger partial charge in [-0.15, -0.1) is 0 Å². The second-order valence-electron chi connectivity index (χ2n) is 3.69. The number of anilines is 1. The summed E-state index contributed by atoms with van der Waals surface area (Å²) in [7, 11) is 0. The van der Waals surface area contributed by atoms with Gasteiger partial charge < -0.3 is 5.73 Å². The van der Waals surface area contributed by atoms with E-state index in [4.69, 9.17) is 17.3 Å². The summed E-state index contributed by atoms with van der Waals surface area (Å²) in [6.07, 6.45) is 0. The van der Waals surface area contributed by atoms with Gasteiger partial charge >= 0.3 is 0 Å². The van der Waals surface area contributed by atoms with Gasteiger partial charge in [-0.05, 0) is 36.4 Å². The number of nitrogen functional groups attached to an aromatic ring is 1. The Kier molecular flexibility index (Phi) is 3.30. The predicted molar refractivity (Wildman–Crippen MR) is 65.7 cm³/mol. The molecule has 0 aromatic heterocycles. The van der Waals surface area contributed by atoms with E-state index in [-0.39, 0.29) is 16.1 Å². The fraction of sp³-hybridized carbons (Fsp3) is 0. The second-order valence-corrected chi connectivity index (χ2v) is 4.10. The minimum absolute atomic E-state index is 0.0790. The molecule has 2 rings (SSSR count). The molecule has 0 aliphatic heterocycles. The molecule has 5 heteroatoms. The maximum absolute atomic E-state index is 13.5. The van der Waals surface area contributed by atoms with Gasteiger partial charge in [-0.3, -0.25) is 4.79 Å². The molecule has 0 radical (unpaired) electrons. The molecule has 2 aromatic rings. The number of hydrogen-bond donors (Lipinski definition) is 1. The summed E-state index contributed by atoms with van der Waals surface area (Å²) in [5, 5.41) is 0.101. The lowest BCUT2D eigenvalue weighted by Crippen LogP contribution is -2.06. The smallest absolute Gasteiger partial charge is 0.197 e. The van der Waals surface area contributed by atoms with Crippen molar-refractivity contribution in [3.8, 4) is 0 Å². The van der Waals surface area contributed by atoms with Gasteiger partial charge in [0.25, 0.3) is 0 Å². The second kappa shape index (κ2) is 4.74. The van der Waals surface area contributed by atoms with Crippen molar-refractivity contribution in [3.63, 3.8) is 0 Å². The highest BCUT2D eigenvalue weighted by molar-refractivity contribution is 6.35. The number of rotatable bonds is 2. The predicted octanol–water partition coefficient (Wildman–Crippen LogP) is 3.43. The summed E-state index contributed by atoms with van der Waals surface area (Å²) in [5.74, 6) is -2.17. The number of carbonyl (C=O) groups is 1. The van der Waals surface area contributed by atoms with E-state index in [1.165, 1.54) is 18.2 Å². The van der Waals surface area contributed by atoms with Crippen LogP contribution in [0.3, 0.4) is 0 Å². The molecule has 0 amide bonds. The molecule has 0 bridgehead atoms. The van der Waals surface area contributed by atoms with Crippen molar-refractivity contribution < 1.29 is 13.6 Å². The number of hydrogen-bond acceptors (Lipinski definition) is 2. The Morgan fingerprint density at radius 2 is 1.78 bits per heavy atom. The van der Waals surface area contributed by atoms with Crippen molar-refractivity contribution in [3.05, 3.63) is 64.2 Å². The van der Waals surface area contributed by atoms with Gasteiger partial charge in [-0.25, -0.2) is 8.78 Å². The maximum atomic E-state index is 13.5. The zero-order valence-electron chi connectivity index (χ0n) is 9.08. The largest absolute Gasteiger partial charge is 0.399 e. The summed E-state index contributed by atoms with van der Waals surface area (Å²) in [6, 6.07) is 6.90. The van der Waals surface area contributed by atoms with E-state index in [1.807, 2.05) is 0 Å². The lowest BCUT2D eigenvalue weighted by molar-refractivity contribution is 0.103. The van der Waals surface area contributed by atoms with E-state index in [9.17, 15) is 13.6 Å². The Morgan fingerprint density at radius 1 is 1.06 bits per heavy atom. The maximum Gasteiger partial charge on any atom is 0.197 e. The van der Waals surface area contributed by atoms with Gasteiger partial charge in [0.15, 0.2) is 5.78 Å². The summed E-state index contributed by atoms with van der Waals surface area (Å²) in [4.78, 5) is 12.0. The topological polar surface area (TPSA) is 43.1 Å². The zero-order chi connectivity index (χ0) is 13.3. The van der Waals surface area contributed by atoms with Gasteiger partial charge in [0.1, 0.15) is 11.6 Å². The van der Waals surface area contributed by atoms with E-state index < -0.39 is 17.4 Å². The van der Waals surface area contributed by atoms with Crippen LogP contribution >= 0.6 is 11.6 Å². The third kappa shape index (κ3) is 2.33. The first-order chi connectivity index (χ1) is 8.49. The molecule has 0 fully saturated rings. The van der Waals surface area contributed by atoms with Gasteiger partial charge in [0.05, 0.1) is 10.6 Å². The minimum Gasteiger partial charge on any atom is -0.399 e. The molecule has 0 heterocycles. The summed E-state index contributed by atoms with van der Waals surface area (Å²) in [6.45, 7) is 0. The van der Waals surface area contributed by atoms with Crippen LogP contribution < -0.4 is 5.73 Å². The van der Waals surface area contributed by atoms with Crippen molar-refractivity contribution in [1.29, 1.82) is 0 Å². The average Bonchev–Trinajstić information content (AvgIpc) is 2.31. The fourth-order valence-electron chi connectivity index (χ4n) is 1.53. The molecular formula is C13H8ClF2NO. The molecule has 0 unspecified atom stereocenters. The van der Waals surface area contributed by atoms with E-state index in [0.29, 0.717) is 5.69 Å². The van der Waals surface area contributed by atoms with Crippen LogP contribution in [0.25, 0.3) is 0 Å².